The number of carbonyl (C=O) groups excluding carboxylic acids is 2. The minimum Gasteiger partial charge on any atom is -0.452 e. The maximum absolute atomic E-state index is 12.3. The molecule has 0 aromatic heterocycles. The molecule has 32 heavy (non-hydrogen) atoms. The first kappa shape index (κ1) is 25.1. The molecular weight excluding hydrogens is 453 g/mol. The van der Waals surface area contributed by atoms with E-state index in [1.807, 2.05) is 6.92 Å². The zero-order chi connectivity index (χ0) is 24.1. The van der Waals surface area contributed by atoms with Gasteiger partial charge in [0.25, 0.3) is 5.91 Å². The van der Waals surface area contributed by atoms with Crippen molar-refractivity contribution in [2.75, 3.05) is 11.9 Å². The van der Waals surface area contributed by atoms with Gasteiger partial charge in [-0.3, -0.25) is 9.59 Å². The predicted octanol–water partition coefficient (Wildman–Crippen LogP) is 3.05. The molecule has 2 aromatic carbocycles. The number of aryl methyl sites for hydroxylation is 2. The molecule has 0 spiro atoms. The van der Waals surface area contributed by atoms with Crippen molar-refractivity contribution in [3.05, 3.63) is 53.6 Å². The first-order chi connectivity index (χ1) is 14.8. The van der Waals surface area contributed by atoms with Crippen molar-refractivity contribution in [2.45, 2.75) is 38.1 Å². The number of hydrogen-bond acceptors (Lipinski definition) is 6. The summed E-state index contributed by atoms with van der Waals surface area (Å²) in [5.41, 5.74) is 1.81. The summed E-state index contributed by atoms with van der Waals surface area (Å²) in [7, 11) is -3.96. The number of nitrogens with one attached hydrogen (secondary N) is 2. The number of hydrogen-bond donors (Lipinski definition) is 2. The molecule has 2 N–H and O–H groups in total. The monoisotopic (exact) mass is 474 g/mol. The lowest BCUT2D eigenvalue weighted by Gasteiger charge is -2.14. The molecule has 2 rings (SSSR count). The van der Waals surface area contributed by atoms with Gasteiger partial charge < -0.3 is 14.8 Å². The number of carbonyl (C=O) groups is 2. The predicted molar refractivity (Wildman–Crippen MR) is 108 cm³/mol. The Bertz CT molecular complexity index is 1090. The van der Waals surface area contributed by atoms with Crippen molar-refractivity contribution < 1.29 is 40.7 Å². The van der Waals surface area contributed by atoms with Crippen LogP contribution in [0.2, 0.25) is 0 Å². The molecule has 8 nitrogen and oxygen atoms in total. The normalized spacial score (nSPS) is 12.7. The maximum atomic E-state index is 12.3. The lowest BCUT2D eigenvalue weighted by molar-refractivity contribution is -0.274. The molecule has 1 atom stereocenters. The summed E-state index contributed by atoms with van der Waals surface area (Å²) in [6.45, 7) is 4.13. The number of anilines is 1. The number of amides is 1. The van der Waals surface area contributed by atoms with Crippen LogP contribution in [-0.4, -0.2) is 39.3 Å². The number of rotatable bonds is 8. The lowest BCUT2D eigenvalue weighted by Crippen LogP contribution is -2.35. The van der Waals surface area contributed by atoms with Crippen LogP contribution in [0.4, 0.5) is 18.9 Å². The van der Waals surface area contributed by atoms with Gasteiger partial charge >= 0.3 is 12.3 Å². The molecule has 0 saturated heterocycles. The molecular formula is C20H21F3N2O6S. The third-order valence-electron chi connectivity index (χ3n) is 4.23. The summed E-state index contributed by atoms with van der Waals surface area (Å²) >= 11 is 0. The number of sulfonamides is 1. The van der Waals surface area contributed by atoms with Gasteiger partial charge in [0.05, 0.1) is 4.90 Å². The van der Waals surface area contributed by atoms with Crippen molar-refractivity contribution in [1.82, 2.24) is 4.72 Å². The molecule has 1 unspecified atom stereocenters. The average molecular weight is 474 g/mol. The van der Waals surface area contributed by atoms with Crippen LogP contribution in [-0.2, 0) is 24.3 Å². The van der Waals surface area contributed by atoms with E-state index in [9.17, 15) is 31.2 Å². The smallest absolute Gasteiger partial charge is 0.452 e. The standard InChI is InChI=1S/C20H21F3N2O6S/c1-12-4-9-17(10-13(12)2)32(28,29)24-11-18(26)30-14(3)19(27)25-15-5-7-16(8-6-15)31-20(21,22)23/h4-10,14,24H,11H2,1-3H3,(H,25,27). The SMILES string of the molecule is Cc1ccc(S(=O)(=O)NCC(=O)OC(C)C(=O)Nc2ccc(OC(F)(F)F)cc2)cc1C. The summed E-state index contributed by atoms with van der Waals surface area (Å²) in [6, 6.07) is 8.84. The van der Waals surface area contributed by atoms with Gasteiger partial charge in [-0.2, -0.15) is 4.72 Å². The van der Waals surface area contributed by atoms with Crippen molar-refractivity contribution in [2.24, 2.45) is 0 Å². The average Bonchev–Trinajstić information content (AvgIpc) is 2.68. The second-order valence-corrected chi connectivity index (χ2v) is 8.53. The molecule has 0 radical (unpaired) electrons. The molecule has 0 aliphatic rings. The summed E-state index contributed by atoms with van der Waals surface area (Å²) < 4.78 is 71.8. The van der Waals surface area contributed by atoms with Gasteiger partial charge in [-0.15, -0.1) is 13.2 Å². The number of alkyl halides is 3. The van der Waals surface area contributed by atoms with Gasteiger partial charge in [0.2, 0.25) is 10.0 Å². The molecule has 0 bridgehead atoms. The topological polar surface area (TPSA) is 111 Å². The van der Waals surface area contributed by atoms with E-state index >= 15 is 0 Å². The highest BCUT2D eigenvalue weighted by Gasteiger charge is 2.31. The Balaban J connectivity index is 1.87. The Hall–Kier alpha value is -3.12. The lowest BCUT2D eigenvalue weighted by atomic mass is 10.1. The molecule has 0 aliphatic carbocycles. The molecule has 174 valence electrons. The quantitative estimate of drug-likeness (QED) is 0.569. The Morgan fingerprint density at radius 1 is 1.03 bits per heavy atom. The minimum atomic E-state index is -4.84. The fraction of sp³-hybridized carbons (Fsp3) is 0.300. The van der Waals surface area contributed by atoms with E-state index < -0.39 is 46.7 Å². The molecule has 0 saturated carbocycles. The van der Waals surface area contributed by atoms with Crippen LogP contribution in [0.1, 0.15) is 18.1 Å². The molecule has 2 aromatic rings. The molecule has 12 heteroatoms. The molecule has 1 amide bonds. The first-order valence-corrected chi connectivity index (χ1v) is 10.7. The van der Waals surface area contributed by atoms with Crippen molar-refractivity contribution in [1.29, 1.82) is 0 Å². The van der Waals surface area contributed by atoms with Crippen LogP contribution < -0.4 is 14.8 Å². The van der Waals surface area contributed by atoms with Crippen LogP contribution >= 0.6 is 0 Å². The van der Waals surface area contributed by atoms with Gasteiger partial charge in [-0.05, 0) is 68.3 Å². The van der Waals surface area contributed by atoms with Crippen molar-refractivity contribution in [3.8, 4) is 5.75 Å². The number of esters is 1. The van der Waals surface area contributed by atoms with Crippen LogP contribution in [0.25, 0.3) is 0 Å². The zero-order valence-electron chi connectivity index (χ0n) is 17.3. The van der Waals surface area contributed by atoms with Crippen LogP contribution in [0.5, 0.6) is 5.75 Å². The second kappa shape index (κ2) is 10.0. The van der Waals surface area contributed by atoms with Crippen LogP contribution in [0, 0.1) is 13.8 Å². The van der Waals surface area contributed by atoms with Gasteiger partial charge in [0.1, 0.15) is 12.3 Å². The number of benzene rings is 2. The number of halogens is 3. The van der Waals surface area contributed by atoms with E-state index in [1.165, 1.54) is 31.2 Å². The largest absolute Gasteiger partial charge is 0.573 e. The third kappa shape index (κ3) is 7.54. The van der Waals surface area contributed by atoms with E-state index in [2.05, 4.69) is 14.8 Å². The first-order valence-electron chi connectivity index (χ1n) is 9.20. The number of ether oxygens (including phenoxy) is 2. The van der Waals surface area contributed by atoms with Gasteiger partial charge in [-0.1, -0.05) is 6.07 Å². The molecule has 0 heterocycles. The molecule has 0 aliphatic heterocycles. The second-order valence-electron chi connectivity index (χ2n) is 6.76. The van der Waals surface area contributed by atoms with Crippen molar-refractivity contribution >= 4 is 27.6 Å². The summed E-state index contributed by atoms with van der Waals surface area (Å²) in [4.78, 5) is 24.0. The highest BCUT2D eigenvalue weighted by Crippen LogP contribution is 2.24. The van der Waals surface area contributed by atoms with Crippen molar-refractivity contribution in [3.63, 3.8) is 0 Å². The maximum Gasteiger partial charge on any atom is 0.573 e. The van der Waals surface area contributed by atoms with E-state index in [0.29, 0.717) is 0 Å². The fourth-order valence-corrected chi connectivity index (χ4v) is 3.45. The van der Waals surface area contributed by atoms with Crippen LogP contribution in [0.3, 0.4) is 0 Å². The van der Waals surface area contributed by atoms with Gasteiger partial charge in [0.15, 0.2) is 6.10 Å². The Labute approximate surface area is 182 Å². The van der Waals surface area contributed by atoms with E-state index in [0.717, 1.165) is 23.3 Å². The summed E-state index contributed by atoms with van der Waals surface area (Å²) in [6.07, 6.45) is -6.13. The van der Waals surface area contributed by atoms with Gasteiger partial charge in [-0.25, -0.2) is 8.42 Å². The van der Waals surface area contributed by atoms with E-state index in [1.54, 1.807) is 13.0 Å². The zero-order valence-corrected chi connectivity index (χ0v) is 18.1. The molecule has 0 fully saturated rings. The van der Waals surface area contributed by atoms with E-state index in [-0.39, 0.29) is 10.6 Å². The third-order valence-corrected chi connectivity index (χ3v) is 5.63. The summed E-state index contributed by atoms with van der Waals surface area (Å²) in [5.74, 6) is -2.22. The highest BCUT2D eigenvalue weighted by atomic mass is 32.2. The van der Waals surface area contributed by atoms with Gasteiger partial charge in [0, 0.05) is 5.69 Å². The Morgan fingerprint density at radius 3 is 2.22 bits per heavy atom. The highest BCUT2D eigenvalue weighted by molar-refractivity contribution is 7.89. The summed E-state index contributed by atoms with van der Waals surface area (Å²) in [5, 5.41) is 2.36. The fourth-order valence-electron chi connectivity index (χ4n) is 2.39. The van der Waals surface area contributed by atoms with Crippen LogP contribution in [0.15, 0.2) is 47.4 Å². The minimum absolute atomic E-state index is 0.0165. The Kier molecular flexibility index (Phi) is 7.86. The van der Waals surface area contributed by atoms with E-state index in [4.69, 9.17) is 4.74 Å². The Morgan fingerprint density at radius 2 is 1.66 bits per heavy atom.